The van der Waals surface area contributed by atoms with E-state index in [4.69, 9.17) is 9.47 Å². The van der Waals surface area contributed by atoms with Gasteiger partial charge in [0.1, 0.15) is 12.0 Å². The van der Waals surface area contributed by atoms with Crippen LogP contribution >= 0.6 is 0 Å². The van der Waals surface area contributed by atoms with Crippen molar-refractivity contribution in [2.24, 2.45) is 5.92 Å². The summed E-state index contributed by atoms with van der Waals surface area (Å²) in [6, 6.07) is 4.63. The molecular weight excluding hydrogens is 234 g/mol. The van der Waals surface area contributed by atoms with E-state index in [9.17, 15) is 9.90 Å². The predicted molar refractivity (Wildman–Crippen MR) is 63.2 cm³/mol. The third kappa shape index (κ3) is 2.25. The topological polar surface area (TPSA) is 67.8 Å². The van der Waals surface area contributed by atoms with Gasteiger partial charge in [-0.1, -0.05) is 0 Å². The largest absolute Gasteiger partial charge is 0.508 e. The molecule has 0 radical (unpaired) electrons. The van der Waals surface area contributed by atoms with Gasteiger partial charge >= 0.3 is 0 Å². The SMILES string of the molecule is O=C(NCC1=COc2ccc(O)cc2O1)C1CC1. The lowest BCUT2D eigenvalue weighted by atomic mass is 10.3. The second-order valence-corrected chi connectivity index (χ2v) is 4.43. The Morgan fingerprint density at radius 2 is 2.22 bits per heavy atom. The van der Waals surface area contributed by atoms with Gasteiger partial charge in [-0.05, 0) is 25.0 Å². The number of phenolic OH excluding ortho intramolecular Hbond substituents is 1. The van der Waals surface area contributed by atoms with Gasteiger partial charge in [-0.2, -0.15) is 0 Å². The molecule has 1 aromatic rings. The van der Waals surface area contributed by atoms with Crippen LogP contribution in [0.25, 0.3) is 0 Å². The van der Waals surface area contributed by atoms with Crippen LogP contribution in [0.5, 0.6) is 17.2 Å². The van der Waals surface area contributed by atoms with Crippen LogP contribution in [-0.4, -0.2) is 17.6 Å². The normalized spacial score (nSPS) is 17.0. The van der Waals surface area contributed by atoms with E-state index < -0.39 is 0 Å². The summed E-state index contributed by atoms with van der Waals surface area (Å²) in [5, 5.41) is 12.1. The molecule has 18 heavy (non-hydrogen) atoms. The second-order valence-electron chi connectivity index (χ2n) is 4.43. The van der Waals surface area contributed by atoms with Gasteiger partial charge in [-0.3, -0.25) is 4.79 Å². The van der Waals surface area contributed by atoms with Crippen molar-refractivity contribution in [3.8, 4) is 17.2 Å². The molecule has 0 atom stereocenters. The fourth-order valence-corrected chi connectivity index (χ4v) is 1.71. The molecular formula is C13H13NO4. The van der Waals surface area contributed by atoms with Crippen molar-refractivity contribution in [2.45, 2.75) is 12.8 Å². The molecule has 0 aromatic heterocycles. The first-order chi connectivity index (χ1) is 8.72. The number of rotatable bonds is 3. The maximum absolute atomic E-state index is 11.5. The highest BCUT2D eigenvalue weighted by Gasteiger charge is 2.29. The van der Waals surface area contributed by atoms with Crippen LogP contribution < -0.4 is 14.8 Å². The number of benzene rings is 1. The van der Waals surface area contributed by atoms with Crippen LogP contribution in [0, 0.1) is 5.92 Å². The molecule has 94 valence electrons. The quantitative estimate of drug-likeness (QED) is 0.850. The summed E-state index contributed by atoms with van der Waals surface area (Å²) >= 11 is 0. The van der Waals surface area contributed by atoms with Crippen LogP contribution in [0.3, 0.4) is 0 Å². The Labute approximate surface area is 104 Å². The van der Waals surface area contributed by atoms with Crippen molar-refractivity contribution in [1.82, 2.24) is 5.32 Å². The number of amides is 1. The summed E-state index contributed by atoms with van der Waals surface area (Å²) in [4.78, 5) is 11.5. The molecule has 5 nitrogen and oxygen atoms in total. The van der Waals surface area contributed by atoms with Crippen LogP contribution in [0.15, 0.2) is 30.2 Å². The zero-order valence-corrected chi connectivity index (χ0v) is 9.68. The van der Waals surface area contributed by atoms with Gasteiger partial charge < -0.3 is 19.9 Å². The van der Waals surface area contributed by atoms with Gasteiger partial charge in [-0.15, -0.1) is 0 Å². The first-order valence-electron chi connectivity index (χ1n) is 5.86. The van der Waals surface area contributed by atoms with Gasteiger partial charge in [-0.25, -0.2) is 0 Å². The summed E-state index contributed by atoms with van der Waals surface area (Å²) in [6.07, 6.45) is 3.41. The monoisotopic (exact) mass is 247 g/mol. The molecule has 0 bridgehead atoms. The summed E-state index contributed by atoms with van der Waals surface area (Å²) in [5.41, 5.74) is 0. The lowest BCUT2D eigenvalue weighted by Gasteiger charge is -2.18. The Morgan fingerprint density at radius 1 is 1.39 bits per heavy atom. The summed E-state index contributed by atoms with van der Waals surface area (Å²) in [5.74, 6) is 1.86. The average molecular weight is 247 g/mol. The van der Waals surface area contributed by atoms with E-state index in [0.29, 0.717) is 23.8 Å². The van der Waals surface area contributed by atoms with Crippen molar-refractivity contribution in [2.75, 3.05) is 6.54 Å². The van der Waals surface area contributed by atoms with Crippen LogP contribution in [0.1, 0.15) is 12.8 Å². The maximum atomic E-state index is 11.5. The van der Waals surface area contributed by atoms with Crippen molar-refractivity contribution in [1.29, 1.82) is 0 Å². The van der Waals surface area contributed by atoms with E-state index in [1.165, 1.54) is 18.4 Å². The lowest BCUT2D eigenvalue weighted by Crippen LogP contribution is -2.29. The number of carbonyl (C=O) groups excluding carboxylic acids is 1. The minimum atomic E-state index is 0.0567. The Kier molecular flexibility index (Phi) is 2.59. The first kappa shape index (κ1) is 11.0. The Hall–Kier alpha value is -2.17. The molecule has 2 aliphatic rings. The molecule has 3 rings (SSSR count). The standard InChI is InChI=1S/C13H13NO4/c15-9-3-4-11-12(5-9)18-10(7-17-11)6-14-13(16)8-1-2-8/h3-5,7-8,15H,1-2,6H2,(H,14,16). The van der Waals surface area contributed by atoms with Crippen molar-refractivity contribution >= 4 is 5.91 Å². The highest BCUT2D eigenvalue weighted by Crippen LogP contribution is 2.35. The van der Waals surface area contributed by atoms with Crippen LogP contribution in [0.2, 0.25) is 0 Å². The van der Waals surface area contributed by atoms with Gasteiger partial charge in [0.05, 0.1) is 6.54 Å². The second kappa shape index (κ2) is 4.25. The number of phenols is 1. The third-order valence-electron chi connectivity index (χ3n) is 2.87. The van der Waals surface area contributed by atoms with Crippen LogP contribution in [-0.2, 0) is 4.79 Å². The summed E-state index contributed by atoms with van der Waals surface area (Å²) in [6.45, 7) is 0.296. The fraction of sp³-hybridized carbons (Fsp3) is 0.308. The van der Waals surface area contributed by atoms with Crippen molar-refractivity contribution in [3.63, 3.8) is 0 Å². The number of ether oxygens (including phenoxy) is 2. The molecule has 1 fully saturated rings. The fourth-order valence-electron chi connectivity index (χ4n) is 1.71. The molecule has 1 saturated carbocycles. The van der Waals surface area contributed by atoms with E-state index in [2.05, 4.69) is 5.32 Å². The smallest absolute Gasteiger partial charge is 0.223 e. The maximum Gasteiger partial charge on any atom is 0.223 e. The van der Waals surface area contributed by atoms with Gasteiger partial charge in [0.15, 0.2) is 17.3 Å². The minimum absolute atomic E-state index is 0.0567. The molecule has 0 saturated heterocycles. The zero-order valence-electron chi connectivity index (χ0n) is 9.68. The predicted octanol–water partition coefficient (Wildman–Crippen LogP) is 1.53. The Balaban J connectivity index is 1.62. The van der Waals surface area contributed by atoms with Crippen molar-refractivity contribution in [3.05, 3.63) is 30.2 Å². The summed E-state index contributed by atoms with van der Waals surface area (Å²) < 4.78 is 10.9. The van der Waals surface area contributed by atoms with Crippen LogP contribution in [0.4, 0.5) is 0 Å². The molecule has 1 aliphatic heterocycles. The molecule has 2 N–H and O–H groups in total. The van der Waals surface area contributed by atoms with Gasteiger partial charge in [0, 0.05) is 12.0 Å². The minimum Gasteiger partial charge on any atom is -0.508 e. The highest BCUT2D eigenvalue weighted by molar-refractivity contribution is 5.81. The molecule has 1 aromatic carbocycles. The highest BCUT2D eigenvalue weighted by atomic mass is 16.6. The molecule has 1 aliphatic carbocycles. The number of nitrogens with one attached hydrogen (secondary N) is 1. The number of hydrogen-bond acceptors (Lipinski definition) is 4. The zero-order chi connectivity index (χ0) is 12.5. The number of aromatic hydroxyl groups is 1. The molecule has 0 unspecified atom stereocenters. The van der Waals surface area contributed by atoms with E-state index >= 15 is 0 Å². The van der Waals surface area contributed by atoms with E-state index in [1.54, 1.807) is 6.07 Å². The van der Waals surface area contributed by atoms with E-state index in [-0.39, 0.29) is 17.6 Å². The van der Waals surface area contributed by atoms with Gasteiger partial charge in [0.2, 0.25) is 5.91 Å². The lowest BCUT2D eigenvalue weighted by molar-refractivity contribution is -0.122. The number of carbonyl (C=O) groups is 1. The first-order valence-corrected chi connectivity index (χ1v) is 5.86. The van der Waals surface area contributed by atoms with E-state index in [1.807, 2.05) is 0 Å². The van der Waals surface area contributed by atoms with Gasteiger partial charge in [0.25, 0.3) is 0 Å². The Bertz CT molecular complexity index is 520. The molecule has 1 heterocycles. The summed E-state index contributed by atoms with van der Waals surface area (Å²) in [7, 11) is 0. The molecule has 1 amide bonds. The molecule has 5 heteroatoms. The number of fused-ring (bicyclic) bond motifs is 1. The Morgan fingerprint density at radius 3 is 3.00 bits per heavy atom. The van der Waals surface area contributed by atoms with Crippen molar-refractivity contribution < 1.29 is 19.4 Å². The van der Waals surface area contributed by atoms with E-state index in [0.717, 1.165) is 12.8 Å². The number of hydrogen-bond donors (Lipinski definition) is 2. The molecule has 0 spiro atoms. The average Bonchev–Trinajstić information content (AvgIpc) is 3.19. The third-order valence-corrected chi connectivity index (χ3v) is 2.87.